The van der Waals surface area contributed by atoms with Crippen LogP contribution in [0.3, 0.4) is 0 Å². The Kier molecular flexibility index (Phi) is 4.98. The van der Waals surface area contributed by atoms with Crippen LogP contribution < -0.4 is 10.1 Å². The molecule has 0 spiro atoms. The number of ether oxygens (including phenoxy) is 1. The first-order valence-corrected chi connectivity index (χ1v) is 8.38. The second kappa shape index (κ2) is 7.34. The third kappa shape index (κ3) is 3.79. The summed E-state index contributed by atoms with van der Waals surface area (Å²) >= 11 is 0. The van der Waals surface area contributed by atoms with Crippen LogP contribution in [0.25, 0.3) is 11.3 Å². The van der Waals surface area contributed by atoms with Gasteiger partial charge in [-0.25, -0.2) is 9.97 Å². The SMILES string of the molecule is CNc1cccc(C)c1COc1ccc(-c2ccnc(C)n2)cc1C. The summed E-state index contributed by atoms with van der Waals surface area (Å²) in [4.78, 5) is 8.63. The molecule has 0 amide bonds. The lowest BCUT2D eigenvalue weighted by Crippen LogP contribution is -2.03. The Bertz CT molecular complexity index is 890. The minimum absolute atomic E-state index is 0.537. The first-order chi connectivity index (χ1) is 12.1. The Hall–Kier alpha value is -2.88. The number of nitrogens with zero attached hydrogens (tertiary/aromatic N) is 2. The summed E-state index contributed by atoms with van der Waals surface area (Å²) in [6, 6.07) is 14.3. The minimum Gasteiger partial charge on any atom is -0.489 e. The predicted octanol–water partition coefficient (Wildman–Crippen LogP) is 4.69. The fraction of sp³-hybridized carbons (Fsp3) is 0.238. The van der Waals surface area contributed by atoms with Crippen LogP contribution in [0.4, 0.5) is 5.69 Å². The normalized spacial score (nSPS) is 10.6. The number of nitrogens with one attached hydrogen (secondary N) is 1. The van der Waals surface area contributed by atoms with Gasteiger partial charge in [0.15, 0.2) is 0 Å². The van der Waals surface area contributed by atoms with Crippen molar-refractivity contribution in [2.75, 3.05) is 12.4 Å². The molecule has 4 heteroatoms. The molecule has 1 heterocycles. The second-order valence-corrected chi connectivity index (χ2v) is 6.11. The van der Waals surface area contributed by atoms with Crippen molar-refractivity contribution in [3.05, 3.63) is 71.2 Å². The first-order valence-electron chi connectivity index (χ1n) is 8.38. The number of hydrogen-bond acceptors (Lipinski definition) is 4. The highest BCUT2D eigenvalue weighted by Crippen LogP contribution is 2.27. The van der Waals surface area contributed by atoms with Gasteiger partial charge in [-0.2, -0.15) is 0 Å². The van der Waals surface area contributed by atoms with Crippen molar-refractivity contribution >= 4 is 5.69 Å². The summed E-state index contributed by atoms with van der Waals surface area (Å²) in [7, 11) is 1.93. The van der Waals surface area contributed by atoms with Crippen molar-refractivity contribution in [1.29, 1.82) is 0 Å². The Labute approximate surface area is 148 Å². The molecule has 0 aliphatic carbocycles. The van der Waals surface area contributed by atoms with Gasteiger partial charge >= 0.3 is 0 Å². The minimum atomic E-state index is 0.537. The molecular formula is C21H23N3O. The van der Waals surface area contributed by atoms with E-state index < -0.39 is 0 Å². The number of anilines is 1. The summed E-state index contributed by atoms with van der Waals surface area (Å²) in [5, 5.41) is 3.23. The van der Waals surface area contributed by atoms with Crippen LogP contribution in [0, 0.1) is 20.8 Å². The van der Waals surface area contributed by atoms with E-state index >= 15 is 0 Å². The van der Waals surface area contributed by atoms with E-state index in [1.807, 2.05) is 32.2 Å². The Morgan fingerprint density at radius 2 is 1.84 bits per heavy atom. The van der Waals surface area contributed by atoms with E-state index in [2.05, 4.69) is 53.4 Å². The largest absolute Gasteiger partial charge is 0.489 e. The molecule has 0 saturated heterocycles. The molecule has 0 atom stereocenters. The van der Waals surface area contributed by atoms with Crippen LogP contribution in [-0.4, -0.2) is 17.0 Å². The van der Waals surface area contributed by atoms with E-state index in [4.69, 9.17) is 4.74 Å². The summed E-state index contributed by atoms with van der Waals surface area (Å²) in [5.41, 5.74) is 6.59. The number of aryl methyl sites for hydroxylation is 3. The smallest absolute Gasteiger partial charge is 0.125 e. The van der Waals surface area contributed by atoms with Crippen molar-refractivity contribution in [1.82, 2.24) is 9.97 Å². The van der Waals surface area contributed by atoms with E-state index in [0.29, 0.717) is 6.61 Å². The fourth-order valence-electron chi connectivity index (χ4n) is 2.87. The van der Waals surface area contributed by atoms with Crippen LogP contribution >= 0.6 is 0 Å². The van der Waals surface area contributed by atoms with Crippen molar-refractivity contribution in [2.24, 2.45) is 0 Å². The zero-order valence-corrected chi connectivity index (χ0v) is 15.1. The number of hydrogen-bond donors (Lipinski definition) is 1. The number of rotatable bonds is 5. The average Bonchev–Trinajstić information content (AvgIpc) is 2.61. The van der Waals surface area contributed by atoms with E-state index in [1.54, 1.807) is 6.20 Å². The van der Waals surface area contributed by atoms with E-state index in [0.717, 1.165) is 34.1 Å². The summed E-state index contributed by atoms with van der Waals surface area (Å²) in [5.74, 6) is 1.66. The van der Waals surface area contributed by atoms with Crippen molar-refractivity contribution in [2.45, 2.75) is 27.4 Å². The van der Waals surface area contributed by atoms with Gasteiger partial charge in [0.2, 0.25) is 0 Å². The molecule has 0 radical (unpaired) electrons. The average molecular weight is 333 g/mol. The molecule has 1 N–H and O–H groups in total. The number of aromatic nitrogens is 2. The Morgan fingerprint density at radius 1 is 1.00 bits per heavy atom. The molecule has 3 rings (SSSR count). The predicted molar refractivity (Wildman–Crippen MR) is 102 cm³/mol. The molecule has 4 nitrogen and oxygen atoms in total. The molecule has 1 aromatic heterocycles. The molecule has 0 saturated carbocycles. The maximum absolute atomic E-state index is 6.09. The van der Waals surface area contributed by atoms with E-state index in [-0.39, 0.29) is 0 Å². The van der Waals surface area contributed by atoms with Crippen LogP contribution in [0.2, 0.25) is 0 Å². The Balaban J connectivity index is 1.81. The lowest BCUT2D eigenvalue weighted by Gasteiger charge is -2.15. The molecular weight excluding hydrogens is 310 g/mol. The van der Waals surface area contributed by atoms with Gasteiger partial charge in [0.05, 0.1) is 5.69 Å². The van der Waals surface area contributed by atoms with Gasteiger partial charge < -0.3 is 10.1 Å². The highest BCUT2D eigenvalue weighted by Gasteiger charge is 2.08. The van der Waals surface area contributed by atoms with Gasteiger partial charge in [0, 0.05) is 30.1 Å². The van der Waals surface area contributed by atoms with Gasteiger partial charge in [0.1, 0.15) is 18.2 Å². The van der Waals surface area contributed by atoms with Gasteiger partial charge in [-0.1, -0.05) is 12.1 Å². The van der Waals surface area contributed by atoms with Crippen molar-refractivity contribution in [3.63, 3.8) is 0 Å². The van der Waals surface area contributed by atoms with E-state index in [9.17, 15) is 0 Å². The van der Waals surface area contributed by atoms with Gasteiger partial charge in [-0.15, -0.1) is 0 Å². The fourth-order valence-corrected chi connectivity index (χ4v) is 2.87. The molecule has 0 unspecified atom stereocenters. The van der Waals surface area contributed by atoms with Crippen LogP contribution in [0.1, 0.15) is 22.5 Å². The van der Waals surface area contributed by atoms with Crippen LogP contribution in [0.15, 0.2) is 48.7 Å². The van der Waals surface area contributed by atoms with Crippen LogP contribution in [-0.2, 0) is 6.61 Å². The third-order valence-electron chi connectivity index (χ3n) is 4.30. The maximum atomic E-state index is 6.09. The van der Waals surface area contributed by atoms with E-state index in [1.165, 1.54) is 11.1 Å². The highest BCUT2D eigenvalue weighted by molar-refractivity contribution is 5.61. The maximum Gasteiger partial charge on any atom is 0.125 e. The quantitative estimate of drug-likeness (QED) is 0.736. The monoisotopic (exact) mass is 333 g/mol. The molecule has 0 fully saturated rings. The molecule has 0 aliphatic heterocycles. The van der Waals surface area contributed by atoms with Gasteiger partial charge in [-0.05, 0) is 62.2 Å². The Morgan fingerprint density at radius 3 is 2.56 bits per heavy atom. The molecule has 0 aliphatic rings. The van der Waals surface area contributed by atoms with Crippen molar-refractivity contribution < 1.29 is 4.74 Å². The first kappa shape index (κ1) is 17.0. The summed E-state index contributed by atoms with van der Waals surface area (Å²) in [6.45, 7) is 6.60. The second-order valence-electron chi connectivity index (χ2n) is 6.11. The summed E-state index contributed by atoms with van der Waals surface area (Å²) < 4.78 is 6.09. The molecule has 25 heavy (non-hydrogen) atoms. The van der Waals surface area contributed by atoms with Gasteiger partial charge in [0.25, 0.3) is 0 Å². The van der Waals surface area contributed by atoms with Crippen molar-refractivity contribution in [3.8, 4) is 17.0 Å². The van der Waals surface area contributed by atoms with Crippen LogP contribution in [0.5, 0.6) is 5.75 Å². The lowest BCUT2D eigenvalue weighted by molar-refractivity contribution is 0.304. The standard InChI is InChI=1S/C21H23N3O/c1-14-6-5-7-20(22-4)18(14)13-25-21-9-8-17(12-15(21)2)19-10-11-23-16(3)24-19/h5-12,22H,13H2,1-4H3. The summed E-state index contributed by atoms with van der Waals surface area (Å²) in [6.07, 6.45) is 1.79. The third-order valence-corrected chi connectivity index (χ3v) is 4.30. The van der Waals surface area contributed by atoms with Gasteiger partial charge in [-0.3, -0.25) is 0 Å². The number of benzene rings is 2. The topological polar surface area (TPSA) is 47.0 Å². The molecule has 128 valence electrons. The molecule has 2 aromatic carbocycles. The molecule has 3 aromatic rings. The molecule has 0 bridgehead atoms. The lowest BCUT2D eigenvalue weighted by atomic mass is 10.1. The zero-order chi connectivity index (χ0) is 17.8. The zero-order valence-electron chi connectivity index (χ0n) is 15.1. The highest BCUT2D eigenvalue weighted by atomic mass is 16.5.